The summed E-state index contributed by atoms with van der Waals surface area (Å²) in [5.74, 6) is -1.30. The number of amides is 1. The highest BCUT2D eigenvalue weighted by Crippen LogP contribution is 2.31. The lowest BCUT2D eigenvalue weighted by molar-refractivity contribution is -0.385. The SMILES string of the molecule is CCCCC(=O)N/N=C/c1cc([N+](=O)[O-])c(O)cc1O. The maximum Gasteiger partial charge on any atom is 0.311 e. The third-order valence-electron chi connectivity index (χ3n) is 2.47. The maximum absolute atomic E-state index is 11.3. The third-order valence-corrected chi connectivity index (χ3v) is 2.47. The molecule has 108 valence electrons. The van der Waals surface area contributed by atoms with Crippen molar-refractivity contribution in [3.8, 4) is 11.5 Å². The number of phenols is 2. The quantitative estimate of drug-likeness (QED) is 0.415. The second-order valence-corrected chi connectivity index (χ2v) is 4.05. The average Bonchev–Trinajstić information content (AvgIpc) is 2.38. The highest BCUT2D eigenvalue weighted by Gasteiger charge is 2.16. The first-order valence-electron chi connectivity index (χ1n) is 5.98. The summed E-state index contributed by atoms with van der Waals surface area (Å²) in [5.41, 5.74) is 1.71. The second kappa shape index (κ2) is 7.07. The van der Waals surface area contributed by atoms with Crippen molar-refractivity contribution in [3.05, 3.63) is 27.8 Å². The normalized spacial score (nSPS) is 10.7. The van der Waals surface area contributed by atoms with E-state index in [1.165, 1.54) is 0 Å². The van der Waals surface area contributed by atoms with Crippen LogP contribution in [0.4, 0.5) is 5.69 Å². The molecule has 0 unspecified atom stereocenters. The van der Waals surface area contributed by atoms with E-state index in [1.807, 2.05) is 6.92 Å². The van der Waals surface area contributed by atoms with E-state index in [1.54, 1.807) is 0 Å². The Bertz CT molecular complexity index is 542. The van der Waals surface area contributed by atoms with Gasteiger partial charge in [-0.25, -0.2) is 5.43 Å². The van der Waals surface area contributed by atoms with E-state index < -0.39 is 16.4 Å². The number of aromatic hydroxyl groups is 2. The lowest BCUT2D eigenvalue weighted by Gasteiger charge is -2.01. The van der Waals surface area contributed by atoms with Gasteiger partial charge in [-0.1, -0.05) is 13.3 Å². The van der Waals surface area contributed by atoms with Gasteiger partial charge in [0.05, 0.1) is 11.1 Å². The Balaban J connectivity index is 2.79. The van der Waals surface area contributed by atoms with Crippen molar-refractivity contribution in [2.24, 2.45) is 5.10 Å². The van der Waals surface area contributed by atoms with Crippen molar-refractivity contribution in [1.82, 2.24) is 5.43 Å². The molecule has 0 heterocycles. The van der Waals surface area contributed by atoms with Crippen LogP contribution in [0.1, 0.15) is 31.7 Å². The van der Waals surface area contributed by atoms with Crippen LogP contribution in [-0.4, -0.2) is 27.3 Å². The van der Waals surface area contributed by atoms with Crippen molar-refractivity contribution >= 4 is 17.8 Å². The molecule has 0 atom stereocenters. The fourth-order valence-electron chi connectivity index (χ4n) is 1.40. The molecule has 1 rings (SSSR count). The molecule has 0 saturated heterocycles. The van der Waals surface area contributed by atoms with Crippen LogP contribution in [0, 0.1) is 10.1 Å². The monoisotopic (exact) mass is 281 g/mol. The van der Waals surface area contributed by atoms with Gasteiger partial charge >= 0.3 is 5.69 Å². The number of carbonyl (C=O) groups is 1. The van der Waals surface area contributed by atoms with Crippen LogP contribution in [0.15, 0.2) is 17.2 Å². The number of nitro benzene ring substituents is 1. The first-order valence-corrected chi connectivity index (χ1v) is 5.98. The molecule has 1 amide bonds. The minimum atomic E-state index is -0.786. The molecule has 0 aliphatic rings. The molecule has 8 nitrogen and oxygen atoms in total. The standard InChI is InChI=1S/C12H15N3O5/c1-2-3-4-12(18)14-13-7-8-5-9(15(19)20)11(17)6-10(8)16/h5-7,16-17H,2-4H2,1H3,(H,14,18)/b13-7+. The number of unbranched alkanes of at least 4 members (excludes halogenated alkanes) is 1. The molecule has 0 fully saturated rings. The van der Waals surface area contributed by atoms with E-state index in [-0.39, 0.29) is 17.2 Å². The predicted molar refractivity (Wildman–Crippen MR) is 71.7 cm³/mol. The summed E-state index contributed by atoms with van der Waals surface area (Å²) in [4.78, 5) is 21.1. The van der Waals surface area contributed by atoms with Crippen LogP contribution < -0.4 is 5.43 Å². The van der Waals surface area contributed by atoms with Gasteiger partial charge in [-0.05, 0) is 6.42 Å². The summed E-state index contributed by atoms with van der Waals surface area (Å²) >= 11 is 0. The first-order chi connectivity index (χ1) is 9.45. The molecular weight excluding hydrogens is 266 g/mol. The molecule has 0 aliphatic carbocycles. The molecule has 0 bridgehead atoms. The Hall–Kier alpha value is -2.64. The molecule has 0 spiro atoms. The Morgan fingerprint density at radius 1 is 1.45 bits per heavy atom. The van der Waals surface area contributed by atoms with Gasteiger partial charge in [0.1, 0.15) is 5.75 Å². The van der Waals surface area contributed by atoms with Gasteiger partial charge in [-0.3, -0.25) is 14.9 Å². The molecule has 0 aromatic heterocycles. The lowest BCUT2D eigenvalue weighted by Crippen LogP contribution is -2.16. The summed E-state index contributed by atoms with van der Waals surface area (Å²) < 4.78 is 0. The van der Waals surface area contributed by atoms with Crippen LogP contribution in [0.3, 0.4) is 0 Å². The van der Waals surface area contributed by atoms with Crippen molar-refractivity contribution in [2.75, 3.05) is 0 Å². The molecular formula is C12H15N3O5. The van der Waals surface area contributed by atoms with E-state index in [0.717, 1.165) is 31.2 Å². The molecule has 0 aliphatic heterocycles. The number of hydrogen-bond acceptors (Lipinski definition) is 6. The number of nitrogens with one attached hydrogen (secondary N) is 1. The summed E-state index contributed by atoms with van der Waals surface area (Å²) in [6.07, 6.45) is 3.01. The molecule has 1 aromatic rings. The molecule has 20 heavy (non-hydrogen) atoms. The second-order valence-electron chi connectivity index (χ2n) is 4.05. The van der Waals surface area contributed by atoms with E-state index >= 15 is 0 Å². The van der Waals surface area contributed by atoms with Gasteiger partial charge in [0.15, 0.2) is 5.75 Å². The van der Waals surface area contributed by atoms with Crippen molar-refractivity contribution < 1.29 is 19.9 Å². The number of phenolic OH excluding ortho intramolecular Hbond substituents is 2. The molecule has 1 aromatic carbocycles. The first kappa shape index (κ1) is 15.4. The zero-order chi connectivity index (χ0) is 15.1. The Kier molecular flexibility index (Phi) is 5.45. The number of nitro groups is 1. The highest BCUT2D eigenvalue weighted by molar-refractivity contribution is 5.86. The Morgan fingerprint density at radius 2 is 2.15 bits per heavy atom. The van der Waals surface area contributed by atoms with Gasteiger partial charge < -0.3 is 10.2 Å². The fourth-order valence-corrected chi connectivity index (χ4v) is 1.40. The van der Waals surface area contributed by atoms with Gasteiger partial charge in [0.2, 0.25) is 5.91 Å². The largest absolute Gasteiger partial charge is 0.507 e. The third kappa shape index (κ3) is 4.23. The highest BCUT2D eigenvalue weighted by atomic mass is 16.6. The smallest absolute Gasteiger partial charge is 0.311 e. The zero-order valence-corrected chi connectivity index (χ0v) is 10.9. The van der Waals surface area contributed by atoms with E-state index in [9.17, 15) is 25.1 Å². The topological polar surface area (TPSA) is 125 Å². The molecule has 0 saturated carbocycles. The number of benzene rings is 1. The zero-order valence-electron chi connectivity index (χ0n) is 10.9. The molecule has 0 radical (unpaired) electrons. The Morgan fingerprint density at radius 3 is 2.75 bits per heavy atom. The van der Waals surface area contributed by atoms with Gasteiger partial charge in [0.25, 0.3) is 0 Å². The fraction of sp³-hybridized carbons (Fsp3) is 0.333. The number of hydrazone groups is 1. The minimum absolute atomic E-state index is 0.0188. The van der Waals surface area contributed by atoms with Gasteiger partial charge in [0, 0.05) is 24.1 Å². The van der Waals surface area contributed by atoms with Crippen LogP contribution in [-0.2, 0) is 4.79 Å². The van der Waals surface area contributed by atoms with E-state index in [2.05, 4.69) is 10.5 Å². The Labute approximate surface area is 114 Å². The number of nitrogens with zero attached hydrogens (tertiary/aromatic N) is 2. The minimum Gasteiger partial charge on any atom is -0.507 e. The van der Waals surface area contributed by atoms with Crippen molar-refractivity contribution in [3.63, 3.8) is 0 Å². The van der Waals surface area contributed by atoms with Crippen molar-refractivity contribution in [1.29, 1.82) is 0 Å². The van der Waals surface area contributed by atoms with Crippen LogP contribution in [0.2, 0.25) is 0 Å². The van der Waals surface area contributed by atoms with Gasteiger partial charge in [-0.2, -0.15) is 5.10 Å². The average molecular weight is 281 g/mol. The molecule has 3 N–H and O–H groups in total. The molecule has 8 heteroatoms. The van der Waals surface area contributed by atoms with Crippen molar-refractivity contribution in [2.45, 2.75) is 26.2 Å². The predicted octanol–water partition coefficient (Wildman–Crippen LogP) is 1.65. The number of rotatable bonds is 6. The maximum atomic E-state index is 11.3. The van der Waals surface area contributed by atoms with Crippen LogP contribution in [0.5, 0.6) is 11.5 Å². The lowest BCUT2D eigenvalue weighted by atomic mass is 10.2. The van der Waals surface area contributed by atoms with Crippen LogP contribution in [0.25, 0.3) is 0 Å². The van der Waals surface area contributed by atoms with Crippen LogP contribution >= 0.6 is 0 Å². The summed E-state index contributed by atoms with van der Waals surface area (Å²) in [5, 5.41) is 33.0. The number of carbonyl (C=O) groups excluding carboxylic acids is 1. The summed E-state index contributed by atoms with van der Waals surface area (Å²) in [6.45, 7) is 1.95. The summed E-state index contributed by atoms with van der Waals surface area (Å²) in [7, 11) is 0. The van der Waals surface area contributed by atoms with E-state index in [4.69, 9.17) is 0 Å². The van der Waals surface area contributed by atoms with E-state index in [0.29, 0.717) is 6.42 Å². The number of hydrogen-bond donors (Lipinski definition) is 3. The summed E-state index contributed by atoms with van der Waals surface area (Å²) in [6, 6.07) is 1.81. The van der Waals surface area contributed by atoms with Gasteiger partial charge in [-0.15, -0.1) is 0 Å².